The molecule has 0 bridgehead atoms. The van der Waals surface area contributed by atoms with E-state index < -0.39 is 12.0 Å². The largest absolute Gasteiger partial charge is 0.496 e. The van der Waals surface area contributed by atoms with Crippen molar-refractivity contribution in [2.75, 3.05) is 21.3 Å². The minimum Gasteiger partial charge on any atom is -0.496 e. The number of esters is 1. The third-order valence-corrected chi connectivity index (χ3v) is 8.99. The van der Waals surface area contributed by atoms with Gasteiger partial charge in [0.2, 0.25) is 0 Å². The van der Waals surface area contributed by atoms with Crippen molar-refractivity contribution in [1.82, 2.24) is 4.57 Å². The van der Waals surface area contributed by atoms with Crippen LogP contribution in [0.3, 0.4) is 0 Å². The number of aromatic nitrogens is 1. The molecule has 9 nitrogen and oxygen atoms in total. The fraction of sp³-hybridized carbons (Fsp3) is 0.188. The van der Waals surface area contributed by atoms with Gasteiger partial charge in [-0.15, -0.1) is 0 Å². The van der Waals surface area contributed by atoms with Gasteiger partial charge in [-0.25, -0.2) is 9.79 Å². The van der Waals surface area contributed by atoms with Crippen molar-refractivity contribution in [2.45, 2.75) is 19.6 Å². The number of benzene rings is 3. The van der Waals surface area contributed by atoms with Crippen molar-refractivity contribution in [3.05, 3.63) is 116 Å². The van der Waals surface area contributed by atoms with Crippen molar-refractivity contribution in [3.63, 3.8) is 0 Å². The molecule has 0 aliphatic carbocycles. The summed E-state index contributed by atoms with van der Waals surface area (Å²) in [7, 11) is 4.33. The van der Waals surface area contributed by atoms with Crippen LogP contribution >= 0.6 is 45.5 Å². The second-order valence-electron chi connectivity index (χ2n) is 9.55. The summed E-state index contributed by atoms with van der Waals surface area (Å²) in [5.74, 6) is 0.832. The molecule has 4 aromatic rings. The lowest BCUT2D eigenvalue weighted by Crippen LogP contribution is -2.40. The van der Waals surface area contributed by atoms with Gasteiger partial charge in [0.25, 0.3) is 5.56 Å². The topological polar surface area (TPSA) is 112 Å². The first-order valence-electron chi connectivity index (χ1n) is 13.1. The Morgan fingerprint density at radius 1 is 1.14 bits per heavy atom. The smallest absolute Gasteiger partial charge is 0.338 e. The summed E-state index contributed by atoms with van der Waals surface area (Å²) in [5, 5.41) is 9.83. The van der Waals surface area contributed by atoms with Gasteiger partial charge in [-0.1, -0.05) is 41.1 Å². The molecule has 0 unspecified atom stereocenters. The van der Waals surface area contributed by atoms with E-state index >= 15 is 0 Å². The molecule has 44 heavy (non-hydrogen) atoms. The number of fused-ring (bicyclic) bond motifs is 1. The second kappa shape index (κ2) is 13.3. The van der Waals surface area contributed by atoms with E-state index in [4.69, 9.17) is 30.5 Å². The predicted molar refractivity (Wildman–Crippen MR) is 175 cm³/mol. The number of hydrogen-bond acceptors (Lipinski definition) is 9. The number of nitrogens with zero attached hydrogens (tertiary/aromatic N) is 3. The van der Waals surface area contributed by atoms with E-state index in [-0.39, 0.29) is 17.7 Å². The Kier molecular flexibility index (Phi) is 9.43. The summed E-state index contributed by atoms with van der Waals surface area (Å²) in [5.41, 5.74) is 2.80. The van der Waals surface area contributed by atoms with Crippen LogP contribution in [0.15, 0.2) is 75.7 Å². The first kappa shape index (κ1) is 31.3. The van der Waals surface area contributed by atoms with E-state index in [0.29, 0.717) is 54.0 Å². The fourth-order valence-electron chi connectivity index (χ4n) is 4.93. The number of carbonyl (C=O) groups is 1. The van der Waals surface area contributed by atoms with Gasteiger partial charge in [-0.3, -0.25) is 9.36 Å². The molecule has 0 amide bonds. The molecule has 0 spiro atoms. The molecule has 0 N–H and O–H groups in total. The summed E-state index contributed by atoms with van der Waals surface area (Å²) >= 11 is 9.70. The van der Waals surface area contributed by atoms with E-state index in [1.165, 1.54) is 37.2 Å². The summed E-state index contributed by atoms with van der Waals surface area (Å²) in [6.45, 7) is 1.89. The van der Waals surface area contributed by atoms with Crippen LogP contribution in [0, 0.1) is 14.9 Å². The van der Waals surface area contributed by atoms with Crippen LogP contribution in [0.5, 0.6) is 17.2 Å². The zero-order chi connectivity index (χ0) is 31.5. The number of carbonyl (C=O) groups excluding carboxylic acids is 1. The molecule has 2 heterocycles. The van der Waals surface area contributed by atoms with Crippen LogP contribution in [0.1, 0.15) is 35.2 Å². The summed E-state index contributed by atoms with van der Waals surface area (Å²) < 4.78 is 25.0. The lowest BCUT2D eigenvalue weighted by atomic mass is 9.95. The quantitative estimate of drug-likeness (QED) is 0.182. The normalized spacial score (nSPS) is 14.4. The first-order chi connectivity index (χ1) is 21.2. The number of hydrogen-bond donors (Lipinski definition) is 0. The van der Waals surface area contributed by atoms with E-state index in [1.807, 2.05) is 18.2 Å². The van der Waals surface area contributed by atoms with E-state index in [2.05, 4.69) is 33.7 Å². The SMILES string of the molecule is COC(=O)C1=C(C)N=c2s/c(=C\c3cc(I)c(OCc4ccccc4C#N)c(OC)c3)c(=O)n2[C@@H]1c1cc(Cl)ccc1OC. The van der Waals surface area contributed by atoms with Crippen LogP contribution in [0.4, 0.5) is 0 Å². The summed E-state index contributed by atoms with van der Waals surface area (Å²) in [6.07, 6.45) is 1.74. The van der Waals surface area contributed by atoms with Gasteiger partial charge < -0.3 is 18.9 Å². The van der Waals surface area contributed by atoms with Crippen molar-refractivity contribution in [1.29, 1.82) is 5.26 Å². The van der Waals surface area contributed by atoms with Crippen molar-refractivity contribution < 1.29 is 23.7 Å². The molecule has 1 aliphatic heterocycles. The second-order valence-corrected chi connectivity index (χ2v) is 12.2. The monoisotopic (exact) mass is 741 g/mol. The van der Waals surface area contributed by atoms with Crippen molar-refractivity contribution in [3.8, 4) is 23.3 Å². The van der Waals surface area contributed by atoms with Gasteiger partial charge in [-0.05, 0) is 77.6 Å². The Morgan fingerprint density at radius 2 is 1.89 bits per heavy atom. The standard InChI is InChI=1S/C32H25ClIN3O6S/c1-17-27(31(39)42-4)28(22-14-21(33)9-10-24(22)40-2)37-30(38)26(44-32(37)36-17)13-18-11-23(34)29(25(12-18)41-3)43-16-20-8-6-5-7-19(20)15-35/h5-14,28H,16H2,1-4H3/b26-13-/t28-/m1/s1. The highest BCUT2D eigenvalue weighted by molar-refractivity contribution is 14.1. The van der Waals surface area contributed by atoms with E-state index in [0.717, 1.165) is 9.13 Å². The van der Waals surface area contributed by atoms with Crippen LogP contribution < -0.4 is 29.1 Å². The number of allylic oxidation sites excluding steroid dienone is 1. The van der Waals surface area contributed by atoms with Crippen LogP contribution in [-0.4, -0.2) is 31.9 Å². The molecule has 1 atom stereocenters. The molecule has 1 aliphatic rings. The molecule has 0 saturated heterocycles. The molecule has 1 aromatic heterocycles. The molecule has 0 fully saturated rings. The average Bonchev–Trinajstić information content (AvgIpc) is 3.32. The van der Waals surface area contributed by atoms with E-state index in [9.17, 15) is 14.9 Å². The first-order valence-corrected chi connectivity index (χ1v) is 15.4. The molecule has 3 aromatic carbocycles. The maximum Gasteiger partial charge on any atom is 0.338 e. The Labute approximate surface area is 275 Å². The lowest BCUT2D eigenvalue weighted by molar-refractivity contribution is -0.136. The van der Waals surface area contributed by atoms with Crippen LogP contribution in [-0.2, 0) is 16.1 Å². The number of rotatable bonds is 8. The van der Waals surface area contributed by atoms with Gasteiger partial charge in [0.05, 0.1) is 52.3 Å². The molecule has 0 radical (unpaired) electrons. The number of methoxy groups -OCH3 is 3. The number of ether oxygens (including phenoxy) is 4. The van der Waals surface area contributed by atoms with Gasteiger partial charge in [-0.2, -0.15) is 5.26 Å². The predicted octanol–water partition coefficient (Wildman–Crippen LogP) is 5.13. The Bertz CT molecular complexity index is 2050. The Balaban J connectivity index is 1.61. The molecular weight excluding hydrogens is 717 g/mol. The highest BCUT2D eigenvalue weighted by atomic mass is 127. The Morgan fingerprint density at radius 3 is 2.59 bits per heavy atom. The third-order valence-electron chi connectivity index (χ3n) is 6.97. The van der Waals surface area contributed by atoms with E-state index in [1.54, 1.807) is 49.4 Å². The Hall–Kier alpha value is -4.12. The highest BCUT2D eigenvalue weighted by Gasteiger charge is 2.35. The van der Waals surface area contributed by atoms with Crippen LogP contribution in [0.25, 0.3) is 6.08 Å². The van der Waals surface area contributed by atoms with Crippen LogP contribution in [0.2, 0.25) is 5.02 Å². The molecule has 224 valence electrons. The zero-order valence-corrected chi connectivity index (χ0v) is 27.7. The van der Waals surface area contributed by atoms with Gasteiger partial charge in [0, 0.05) is 16.1 Å². The van der Waals surface area contributed by atoms with Crippen molar-refractivity contribution in [2.24, 2.45) is 4.99 Å². The lowest BCUT2D eigenvalue weighted by Gasteiger charge is -2.25. The molecule has 5 rings (SSSR count). The fourth-order valence-corrected chi connectivity index (χ4v) is 6.93. The molecule has 0 saturated carbocycles. The third kappa shape index (κ3) is 5.97. The molecular formula is C32H25ClIN3O6S. The molecule has 12 heteroatoms. The maximum absolute atomic E-state index is 14.0. The summed E-state index contributed by atoms with van der Waals surface area (Å²) in [4.78, 5) is 32.0. The van der Waals surface area contributed by atoms with Crippen molar-refractivity contribution >= 4 is 57.6 Å². The van der Waals surface area contributed by atoms with Gasteiger partial charge in [0.1, 0.15) is 18.4 Å². The van der Waals surface area contributed by atoms with Gasteiger partial charge in [0.15, 0.2) is 16.3 Å². The highest BCUT2D eigenvalue weighted by Crippen LogP contribution is 2.38. The average molecular weight is 742 g/mol. The number of thiazole rings is 1. The zero-order valence-electron chi connectivity index (χ0n) is 24.0. The minimum atomic E-state index is -0.878. The number of nitriles is 1. The summed E-state index contributed by atoms with van der Waals surface area (Å²) in [6, 6.07) is 17.2. The minimum absolute atomic E-state index is 0.183. The maximum atomic E-state index is 14.0. The van der Waals surface area contributed by atoms with Gasteiger partial charge >= 0.3 is 5.97 Å². The number of halogens is 2.